The molecule has 0 N–H and O–H groups in total. The van der Waals surface area contributed by atoms with Gasteiger partial charge in [-0.3, -0.25) is 0 Å². The van der Waals surface area contributed by atoms with Gasteiger partial charge in [-0.25, -0.2) is 8.42 Å². The number of sulfonamides is 1. The van der Waals surface area contributed by atoms with E-state index in [1.165, 1.54) is 0 Å². The maximum atomic E-state index is 12.3. The number of hydrogen-bond donors (Lipinski definition) is 0. The molecule has 0 aromatic heterocycles. The summed E-state index contributed by atoms with van der Waals surface area (Å²) in [6.45, 7) is 2.12. The third-order valence-electron chi connectivity index (χ3n) is 3.56. The van der Waals surface area contributed by atoms with Gasteiger partial charge in [-0.1, -0.05) is 0 Å². The van der Waals surface area contributed by atoms with E-state index in [1.54, 1.807) is 4.31 Å². The second-order valence-electron chi connectivity index (χ2n) is 4.70. The van der Waals surface area contributed by atoms with Gasteiger partial charge in [0.05, 0.1) is 11.9 Å². The van der Waals surface area contributed by atoms with Crippen molar-refractivity contribution in [1.29, 1.82) is 0 Å². The zero-order valence-corrected chi connectivity index (χ0v) is 10.8. The SMILES string of the molecule is O=S(=O)(C1CC1)N1CCS[C@H]2COCC[C@@H]21. The first-order valence-corrected chi connectivity index (χ1v) is 8.45. The second kappa shape index (κ2) is 4.15. The van der Waals surface area contributed by atoms with E-state index in [-0.39, 0.29) is 11.3 Å². The van der Waals surface area contributed by atoms with Crippen LogP contribution in [0.5, 0.6) is 0 Å². The van der Waals surface area contributed by atoms with Crippen molar-refractivity contribution in [1.82, 2.24) is 4.31 Å². The molecule has 0 aromatic rings. The molecular weight excluding hydrogens is 246 g/mol. The van der Waals surface area contributed by atoms with Crippen molar-refractivity contribution in [3.63, 3.8) is 0 Å². The average Bonchev–Trinajstić information content (AvgIpc) is 3.12. The van der Waals surface area contributed by atoms with Crippen LogP contribution in [-0.2, 0) is 14.8 Å². The van der Waals surface area contributed by atoms with E-state index < -0.39 is 10.0 Å². The minimum Gasteiger partial charge on any atom is -0.380 e. The standard InChI is InChI=1S/C10H17NO3S2/c12-16(13,8-1-2-8)11-4-6-15-10-7-14-5-3-9(10)11/h8-10H,1-7H2/t9-,10-/m0/s1. The first-order valence-electron chi connectivity index (χ1n) is 5.89. The maximum Gasteiger partial charge on any atom is 0.217 e. The van der Waals surface area contributed by atoms with Crippen LogP contribution in [0, 0.1) is 0 Å². The molecule has 16 heavy (non-hydrogen) atoms. The molecule has 2 saturated heterocycles. The van der Waals surface area contributed by atoms with Crippen LogP contribution in [-0.4, -0.2) is 54.8 Å². The van der Waals surface area contributed by atoms with Crippen molar-refractivity contribution in [2.45, 2.75) is 35.8 Å². The minimum atomic E-state index is -2.99. The maximum absolute atomic E-state index is 12.3. The molecule has 1 saturated carbocycles. The first-order chi connectivity index (χ1) is 7.69. The monoisotopic (exact) mass is 263 g/mol. The topological polar surface area (TPSA) is 46.6 Å². The molecule has 4 nitrogen and oxygen atoms in total. The number of nitrogens with zero attached hydrogens (tertiary/aromatic N) is 1. The van der Waals surface area contributed by atoms with E-state index in [2.05, 4.69) is 0 Å². The summed E-state index contributed by atoms with van der Waals surface area (Å²) < 4.78 is 31.8. The Hall–Kier alpha value is 0.220. The molecule has 2 atom stereocenters. The Kier molecular flexibility index (Phi) is 2.94. The predicted octanol–water partition coefficient (Wildman–Crippen LogP) is 0.685. The number of ether oxygens (including phenoxy) is 1. The Morgan fingerprint density at radius 3 is 2.81 bits per heavy atom. The minimum absolute atomic E-state index is 0.0703. The molecule has 0 bridgehead atoms. The lowest BCUT2D eigenvalue weighted by Crippen LogP contribution is -2.54. The average molecular weight is 263 g/mol. The van der Waals surface area contributed by atoms with Gasteiger partial charge in [0, 0.05) is 30.2 Å². The van der Waals surface area contributed by atoms with Crippen LogP contribution in [0.4, 0.5) is 0 Å². The third-order valence-corrected chi connectivity index (χ3v) is 7.27. The van der Waals surface area contributed by atoms with Gasteiger partial charge in [-0.15, -0.1) is 0 Å². The van der Waals surface area contributed by atoms with E-state index in [0.29, 0.717) is 25.0 Å². The van der Waals surface area contributed by atoms with Crippen molar-refractivity contribution in [3.05, 3.63) is 0 Å². The van der Waals surface area contributed by atoms with Gasteiger partial charge < -0.3 is 4.74 Å². The fourth-order valence-corrected chi connectivity index (χ4v) is 6.11. The van der Waals surface area contributed by atoms with Crippen molar-refractivity contribution in [2.75, 3.05) is 25.5 Å². The highest BCUT2D eigenvalue weighted by atomic mass is 32.2. The van der Waals surface area contributed by atoms with Gasteiger partial charge in [0.1, 0.15) is 0 Å². The Morgan fingerprint density at radius 1 is 1.25 bits per heavy atom. The second-order valence-corrected chi connectivity index (χ2v) is 8.21. The molecule has 2 heterocycles. The van der Waals surface area contributed by atoms with Gasteiger partial charge in [-0.2, -0.15) is 16.1 Å². The molecule has 3 rings (SSSR count). The van der Waals surface area contributed by atoms with E-state index >= 15 is 0 Å². The van der Waals surface area contributed by atoms with Crippen molar-refractivity contribution in [3.8, 4) is 0 Å². The van der Waals surface area contributed by atoms with Gasteiger partial charge >= 0.3 is 0 Å². The Balaban J connectivity index is 1.82. The lowest BCUT2D eigenvalue weighted by atomic mass is 10.1. The first kappa shape index (κ1) is 11.3. The zero-order chi connectivity index (χ0) is 11.2. The summed E-state index contributed by atoms with van der Waals surface area (Å²) in [5.74, 6) is 0.913. The third kappa shape index (κ3) is 1.89. The quantitative estimate of drug-likeness (QED) is 0.735. The summed E-state index contributed by atoms with van der Waals surface area (Å²) in [6, 6.07) is 0.193. The molecule has 0 spiro atoms. The van der Waals surface area contributed by atoms with Crippen LogP contribution in [0.15, 0.2) is 0 Å². The highest BCUT2D eigenvalue weighted by molar-refractivity contribution is 8.00. The summed E-state index contributed by atoms with van der Waals surface area (Å²) in [5.41, 5.74) is 0. The molecule has 1 aliphatic carbocycles. The summed E-state index contributed by atoms with van der Waals surface area (Å²) in [5, 5.41) is 0.287. The van der Waals surface area contributed by atoms with Gasteiger partial charge in [0.25, 0.3) is 0 Å². The zero-order valence-electron chi connectivity index (χ0n) is 9.17. The van der Waals surface area contributed by atoms with Gasteiger partial charge in [0.15, 0.2) is 0 Å². The fourth-order valence-electron chi connectivity index (χ4n) is 2.52. The predicted molar refractivity (Wildman–Crippen MR) is 64.1 cm³/mol. The number of hydrogen-bond acceptors (Lipinski definition) is 4. The van der Waals surface area contributed by atoms with Crippen LogP contribution < -0.4 is 0 Å². The summed E-state index contributed by atoms with van der Waals surface area (Å²) in [4.78, 5) is 0. The lowest BCUT2D eigenvalue weighted by Gasteiger charge is -2.42. The lowest BCUT2D eigenvalue weighted by molar-refractivity contribution is 0.0625. The normalized spacial score (nSPS) is 37.0. The largest absolute Gasteiger partial charge is 0.380 e. The molecule has 0 unspecified atom stereocenters. The van der Waals surface area contributed by atoms with E-state index in [9.17, 15) is 8.42 Å². The van der Waals surface area contributed by atoms with Crippen LogP contribution in [0.3, 0.4) is 0 Å². The number of fused-ring (bicyclic) bond motifs is 1. The van der Waals surface area contributed by atoms with Crippen LogP contribution in [0.25, 0.3) is 0 Å². The molecule has 6 heteroatoms. The highest BCUT2D eigenvalue weighted by Gasteiger charge is 2.46. The summed E-state index contributed by atoms with van der Waals surface area (Å²) in [6.07, 6.45) is 2.59. The summed E-state index contributed by atoms with van der Waals surface area (Å²) in [7, 11) is -2.99. The molecule has 0 radical (unpaired) electrons. The Bertz CT molecular complexity index is 364. The number of rotatable bonds is 2. The fraction of sp³-hybridized carbons (Fsp3) is 1.00. The van der Waals surface area contributed by atoms with E-state index in [0.717, 1.165) is 25.0 Å². The van der Waals surface area contributed by atoms with E-state index in [4.69, 9.17) is 4.74 Å². The van der Waals surface area contributed by atoms with Crippen LogP contribution in [0.2, 0.25) is 0 Å². The van der Waals surface area contributed by atoms with Gasteiger partial charge in [0.2, 0.25) is 10.0 Å². The van der Waals surface area contributed by atoms with E-state index in [1.807, 2.05) is 11.8 Å². The molecule has 3 aliphatic rings. The molecule has 2 aliphatic heterocycles. The number of thioether (sulfide) groups is 1. The van der Waals surface area contributed by atoms with Crippen LogP contribution >= 0.6 is 11.8 Å². The van der Waals surface area contributed by atoms with Gasteiger partial charge in [-0.05, 0) is 19.3 Å². The Labute approximate surface area is 101 Å². The molecule has 3 fully saturated rings. The molecule has 0 amide bonds. The van der Waals surface area contributed by atoms with Crippen molar-refractivity contribution >= 4 is 21.8 Å². The smallest absolute Gasteiger partial charge is 0.217 e. The molecule has 0 aromatic carbocycles. The molecule has 92 valence electrons. The van der Waals surface area contributed by atoms with Crippen molar-refractivity contribution in [2.24, 2.45) is 0 Å². The van der Waals surface area contributed by atoms with Crippen molar-refractivity contribution < 1.29 is 13.2 Å². The Morgan fingerprint density at radius 2 is 2.06 bits per heavy atom. The highest BCUT2D eigenvalue weighted by Crippen LogP contribution is 2.37. The van der Waals surface area contributed by atoms with Crippen LogP contribution in [0.1, 0.15) is 19.3 Å². The molecular formula is C10H17NO3S2. The summed E-state index contributed by atoms with van der Waals surface area (Å²) >= 11 is 1.87.